The minimum absolute atomic E-state index is 0.776. The van der Waals surface area contributed by atoms with Gasteiger partial charge in [0.2, 0.25) is 0 Å². The minimum Gasteiger partial charge on any atom is -0.376 e. The van der Waals surface area contributed by atoms with E-state index in [9.17, 15) is 5.11 Å². The fourth-order valence-electron chi connectivity index (χ4n) is 3.03. The molecule has 1 N–H and O–H groups in total. The van der Waals surface area contributed by atoms with Gasteiger partial charge >= 0.3 is 0 Å². The van der Waals surface area contributed by atoms with Crippen molar-refractivity contribution in [3.8, 4) is 12.3 Å². The lowest BCUT2D eigenvalue weighted by Gasteiger charge is -2.13. The highest BCUT2D eigenvalue weighted by molar-refractivity contribution is 6.23. The molecule has 4 aromatic rings. The molecule has 0 bridgehead atoms. The predicted octanol–water partition coefficient (Wildman–Crippen LogP) is 4.25. The molecule has 0 spiro atoms. The van der Waals surface area contributed by atoms with Crippen LogP contribution < -0.4 is 0 Å². The third-order valence-electron chi connectivity index (χ3n) is 3.96. The van der Waals surface area contributed by atoms with Crippen LogP contribution in [0.25, 0.3) is 32.3 Å². The summed E-state index contributed by atoms with van der Waals surface area (Å²) in [5, 5.41) is 17.1. The molecule has 0 fully saturated rings. The highest BCUT2D eigenvalue weighted by Crippen LogP contribution is 2.35. The van der Waals surface area contributed by atoms with Gasteiger partial charge in [-0.1, -0.05) is 48.4 Å². The molecule has 0 aliphatic rings. The van der Waals surface area contributed by atoms with Crippen molar-refractivity contribution in [2.75, 3.05) is 0 Å². The Labute approximate surface area is 116 Å². The van der Waals surface area contributed by atoms with Crippen LogP contribution in [-0.2, 0) is 0 Å². The molecule has 94 valence electrons. The third kappa shape index (κ3) is 1.43. The molecule has 20 heavy (non-hydrogen) atoms. The average molecular weight is 256 g/mol. The Morgan fingerprint density at radius 1 is 0.800 bits per heavy atom. The first-order valence-electron chi connectivity index (χ1n) is 6.59. The molecule has 0 aliphatic heterocycles. The predicted molar refractivity (Wildman–Crippen MR) is 83.9 cm³/mol. The normalized spacial score (nSPS) is 13.0. The van der Waals surface area contributed by atoms with E-state index < -0.39 is 6.10 Å². The van der Waals surface area contributed by atoms with Crippen LogP contribution in [0.4, 0.5) is 0 Å². The van der Waals surface area contributed by atoms with Gasteiger partial charge in [0.05, 0.1) is 0 Å². The molecule has 1 unspecified atom stereocenters. The lowest BCUT2D eigenvalue weighted by Crippen LogP contribution is -1.94. The zero-order valence-electron chi connectivity index (χ0n) is 10.8. The number of terminal acetylenes is 1. The monoisotopic (exact) mass is 256 g/mol. The van der Waals surface area contributed by atoms with Gasteiger partial charge in [-0.05, 0) is 50.0 Å². The molecule has 0 amide bonds. The topological polar surface area (TPSA) is 20.2 Å². The van der Waals surface area contributed by atoms with Crippen LogP contribution in [0.1, 0.15) is 11.7 Å². The van der Waals surface area contributed by atoms with Crippen molar-refractivity contribution >= 4 is 32.3 Å². The zero-order chi connectivity index (χ0) is 13.7. The first kappa shape index (κ1) is 11.3. The molecular weight excluding hydrogens is 244 g/mol. The first-order chi connectivity index (χ1) is 9.78. The van der Waals surface area contributed by atoms with Crippen LogP contribution in [0.15, 0.2) is 54.6 Å². The molecule has 4 rings (SSSR count). The molecule has 1 atom stereocenters. The summed E-state index contributed by atoms with van der Waals surface area (Å²) in [7, 11) is 0. The van der Waals surface area contributed by atoms with Crippen molar-refractivity contribution < 1.29 is 5.11 Å². The van der Waals surface area contributed by atoms with Gasteiger partial charge in [-0.3, -0.25) is 0 Å². The molecule has 4 aromatic carbocycles. The second-order valence-corrected chi connectivity index (χ2v) is 5.12. The van der Waals surface area contributed by atoms with Crippen LogP contribution in [0, 0.1) is 12.3 Å². The van der Waals surface area contributed by atoms with Gasteiger partial charge in [-0.25, -0.2) is 0 Å². The van der Waals surface area contributed by atoms with Crippen molar-refractivity contribution in [3.63, 3.8) is 0 Å². The Kier molecular flexibility index (Phi) is 2.24. The molecule has 0 aromatic heterocycles. The molecule has 0 aliphatic carbocycles. The second kappa shape index (κ2) is 3.96. The maximum absolute atomic E-state index is 9.88. The number of rotatable bonds is 1. The van der Waals surface area contributed by atoms with Crippen molar-refractivity contribution in [3.05, 3.63) is 60.2 Å². The standard InChI is InChI=1S/C19H12O/c1-2-17(20)16-10-14-8-6-12-4-3-5-13-7-9-15(11-16)19(14)18(12)13/h1,3-11,17,20H. The van der Waals surface area contributed by atoms with Gasteiger partial charge in [0, 0.05) is 0 Å². The SMILES string of the molecule is C#CC(O)c1cc2ccc3cccc4ccc(c1)c2c34. The Bertz CT molecular complexity index is 912. The zero-order valence-corrected chi connectivity index (χ0v) is 10.8. The number of benzene rings is 4. The quantitative estimate of drug-likeness (QED) is 0.399. The van der Waals surface area contributed by atoms with E-state index in [1.54, 1.807) is 0 Å². The van der Waals surface area contributed by atoms with E-state index in [-0.39, 0.29) is 0 Å². The van der Waals surface area contributed by atoms with Gasteiger partial charge in [-0.15, -0.1) is 6.42 Å². The molecular formula is C19H12O. The van der Waals surface area contributed by atoms with Gasteiger partial charge < -0.3 is 5.11 Å². The van der Waals surface area contributed by atoms with E-state index in [1.165, 1.54) is 21.5 Å². The van der Waals surface area contributed by atoms with Gasteiger partial charge in [-0.2, -0.15) is 0 Å². The van der Waals surface area contributed by atoms with Crippen LogP contribution >= 0.6 is 0 Å². The second-order valence-electron chi connectivity index (χ2n) is 5.12. The molecule has 0 saturated heterocycles. The summed E-state index contributed by atoms with van der Waals surface area (Å²) in [6, 6.07) is 18.7. The summed E-state index contributed by atoms with van der Waals surface area (Å²) in [6.07, 6.45) is 4.47. The van der Waals surface area contributed by atoms with Gasteiger partial charge in [0.15, 0.2) is 0 Å². The van der Waals surface area contributed by atoms with Crippen molar-refractivity contribution in [1.82, 2.24) is 0 Å². The van der Waals surface area contributed by atoms with Crippen LogP contribution in [-0.4, -0.2) is 5.11 Å². The van der Waals surface area contributed by atoms with E-state index in [0.717, 1.165) is 16.3 Å². The lowest BCUT2D eigenvalue weighted by molar-refractivity contribution is 0.239. The summed E-state index contributed by atoms with van der Waals surface area (Å²) in [5.41, 5.74) is 0.776. The summed E-state index contributed by atoms with van der Waals surface area (Å²) in [6.45, 7) is 0. The highest BCUT2D eigenvalue weighted by Gasteiger charge is 2.11. The third-order valence-corrected chi connectivity index (χ3v) is 3.96. The van der Waals surface area contributed by atoms with Crippen molar-refractivity contribution in [1.29, 1.82) is 0 Å². The van der Waals surface area contributed by atoms with E-state index in [1.807, 2.05) is 12.1 Å². The Balaban J connectivity index is 2.22. The van der Waals surface area contributed by atoms with Gasteiger partial charge in [0.1, 0.15) is 6.10 Å². The molecule has 1 nitrogen and oxygen atoms in total. The van der Waals surface area contributed by atoms with E-state index in [0.29, 0.717) is 0 Å². The van der Waals surface area contributed by atoms with Crippen molar-refractivity contribution in [2.24, 2.45) is 0 Å². The fourth-order valence-corrected chi connectivity index (χ4v) is 3.03. The number of hydrogen-bond donors (Lipinski definition) is 1. The summed E-state index contributed by atoms with van der Waals surface area (Å²) in [4.78, 5) is 0. The summed E-state index contributed by atoms with van der Waals surface area (Å²) >= 11 is 0. The minimum atomic E-state index is -0.850. The molecule has 0 radical (unpaired) electrons. The summed E-state index contributed by atoms with van der Waals surface area (Å²) in [5.74, 6) is 2.38. The van der Waals surface area contributed by atoms with Crippen LogP contribution in [0.3, 0.4) is 0 Å². The lowest BCUT2D eigenvalue weighted by atomic mass is 9.92. The van der Waals surface area contributed by atoms with E-state index in [2.05, 4.69) is 48.4 Å². The molecule has 1 heteroatoms. The molecule has 0 heterocycles. The highest BCUT2D eigenvalue weighted by atomic mass is 16.3. The van der Waals surface area contributed by atoms with Crippen molar-refractivity contribution in [2.45, 2.75) is 6.10 Å². The summed E-state index contributed by atoms with van der Waals surface area (Å²) < 4.78 is 0. The average Bonchev–Trinajstić information content (AvgIpc) is 2.51. The number of aliphatic hydroxyl groups is 1. The number of hydrogen-bond acceptors (Lipinski definition) is 1. The smallest absolute Gasteiger partial charge is 0.140 e. The maximum Gasteiger partial charge on any atom is 0.140 e. The Morgan fingerprint density at radius 2 is 1.30 bits per heavy atom. The fraction of sp³-hybridized carbons (Fsp3) is 0.0526. The first-order valence-corrected chi connectivity index (χ1v) is 6.59. The van der Waals surface area contributed by atoms with Crippen LogP contribution in [0.5, 0.6) is 0 Å². The van der Waals surface area contributed by atoms with Gasteiger partial charge in [0.25, 0.3) is 0 Å². The number of aliphatic hydroxyl groups excluding tert-OH is 1. The Morgan fingerprint density at radius 3 is 1.85 bits per heavy atom. The van der Waals surface area contributed by atoms with E-state index in [4.69, 9.17) is 6.42 Å². The Hall–Kier alpha value is -2.56. The molecule has 0 saturated carbocycles. The van der Waals surface area contributed by atoms with Crippen LogP contribution in [0.2, 0.25) is 0 Å². The van der Waals surface area contributed by atoms with E-state index >= 15 is 0 Å². The largest absolute Gasteiger partial charge is 0.376 e. The maximum atomic E-state index is 9.88.